The number of aromatic nitrogens is 1. The summed E-state index contributed by atoms with van der Waals surface area (Å²) in [6.45, 7) is 8.68. The van der Waals surface area contributed by atoms with Crippen molar-refractivity contribution in [3.8, 4) is 0 Å². The van der Waals surface area contributed by atoms with E-state index < -0.39 is 0 Å². The van der Waals surface area contributed by atoms with E-state index in [0.717, 1.165) is 25.2 Å². The average Bonchev–Trinajstić information content (AvgIpc) is 2.65. The standard InChI is InChI=1S/C12H21N3S/c1-8-7-16-12(14-8)6-15-5-4-11(13)9(2)10(15)3/h7,9-11H,4-6,13H2,1-3H3. The van der Waals surface area contributed by atoms with Gasteiger partial charge < -0.3 is 5.73 Å². The van der Waals surface area contributed by atoms with E-state index in [0.29, 0.717) is 18.0 Å². The monoisotopic (exact) mass is 239 g/mol. The van der Waals surface area contributed by atoms with Crippen molar-refractivity contribution in [3.05, 3.63) is 16.1 Å². The predicted octanol–water partition coefficient (Wildman–Crippen LogP) is 2.01. The molecule has 1 aromatic rings. The first kappa shape index (κ1) is 12.0. The van der Waals surface area contributed by atoms with Crippen LogP contribution in [-0.2, 0) is 6.54 Å². The molecule has 0 aromatic carbocycles. The zero-order valence-electron chi connectivity index (χ0n) is 10.3. The molecular weight excluding hydrogens is 218 g/mol. The third-order valence-corrected chi connectivity index (χ3v) is 4.72. The number of nitrogens with zero attached hydrogens (tertiary/aromatic N) is 2. The fraction of sp³-hybridized carbons (Fsp3) is 0.750. The van der Waals surface area contributed by atoms with Crippen LogP contribution in [0.3, 0.4) is 0 Å². The molecule has 1 aromatic heterocycles. The van der Waals surface area contributed by atoms with Crippen molar-refractivity contribution in [2.24, 2.45) is 11.7 Å². The topological polar surface area (TPSA) is 42.1 Å². The average molecular weight is 239 g/mol. The van der Waals surface area contributed by atoms with Gasteiger partial charge in [-0.2, -0.15) is 0 Å². The predicted molar refractivity (Wildman–Crippen MR) is 68.5 cm³/mol. The van der Waals surface area contributed by atoms with E-state index >= 15 is 0 Å². The highest BCUT2D eigenvalue weighted by Gasteiger charge is 2.30. The van der Waals surface area contributed by atoms with E-state index in [1.807, 2.05) is 0 Å². The number of aryl methyl sites for hydroxylation is 1. The van der Waals surface area contributed by atoms with Gasteiger partial charge >= 0.3 is 0 Å². The van der Waals surface area contributed by atoms with Gasteiger partial charge in [-0.25, -0.2) is 4.98 Å². The summed E-state index contributed by atoms with van der Waals surface area (Å²) in [6, 6.07) is 0.928. The first-order chi connectivity index (χ1) is 7.58. The molecule has 0 radical (unpaired) electrons. The summed E-state index contributed by atoms with van der Waals surface area (Å²) in [5.74, 6) is 0.579. The quantitative estimate of drug-likeness (QED) is 0.858. The lowest BCUT2D eigenvalue weighted by atomic mass is 9.88. The molecule has 3 atom stereocenters. The Morgan fingerprint density at radius 1 is 1.56 bits per heavy atom. The molecular formula is C12H21N3S. The summed E-state index contributed by atoms with van der Waals surface area (Å²) in [6.07, 6.45) is 1.11. The molecule has 1 fully saturated rings. The molecule has 1 aliphatic rings. The highest BCUT2D eigenvalue weighted by atomic mass is 32.1. The van der Waals surface area contributed by atoms with Crippen molar-refractivity contribution in [1.82, 2.24) is 9.88 Å². The fourth-order valence-electron chi connectivity index (χ4n) is 2.34. The molecule has 0 saturated carbocycles. The van der Waals surface area contributed by atoms with Crippen molar-refractivity contribution >= 4 is 11.3 Å². The number of likely N-dealkylation sites (tertiary alicyclic amines) is 1. The molecule has 4 heteroatoms. The highest BCUT2D eigenvalue weighted by molar-refractivity contribution is 7.09. The molecule has 1 aliphatic heterocycles. The van der Waals surface area contributed by atoms with Gasteiger partial charge in [0.25, 0.3) is 0 Å². The molecule has 2 rings (SSSR count). The Morgan fingerprint density at radius 2 is 2.31 bits per heavy atom. The Hall–Kier alpha value is -0.450. The summed E-state index contributed by atoms with van der Waals surface area (Å²) >= 11 is 1.76. The minimum atomic E-state index is 0.365. The number of piperidine rings is 1. The van der Waals surface area contributed by atoms with Crippen LogP contribution >= 0.6 is 11.3 Å². The maximum atomic E-state index is 6.09. The molecule has 90 valence electrons. The third kappa shape index (κ3) is 2.44. The van der Waals surface area contributed by atoms with E-state index in [-0.39, 0.29) is 0 Å². The van der Waals surface area contributed by atoms with Gasteiger partial charge in [-0.1, -0.05) is 6.92 Å². The SMILES string of the molecule is Cc1csc(CN2CCC(N)C(C)C2C)n1. The Bertz CT molecular complexity index is 350. The minimum Gasteiger partial charge on any atom is -0.327 e. The molecule has 0 amide bonds. The number of thiazole rings is 1. The first-order valence-corrected chi connectivity index (χ1v) is 6.86. The van der Waals surface area contributed by atoms with Gasteiger partial charge in [0.2, 0.25) is 0 Å². The molecule has 0 spiro atoms. The summed E-state index contributed by atoms with van der Waals surface area (Å²) in [5, 5.41) is 3.35. The van der Waals surface area contributed by atoms with Gasteiger partial charge in [0.1, 0.15) is 5.01 Å². The second-order valence-corrected chi connectivity index (χ2v) is 5.85. The van der Waals surface area contributed by atoms with Crippen LogP contribution in [0.2, 0.25) is 0 Å². The minimum absolute atomic E-state index is 0.365. The van der Waals surface area contributed by atoms with Crippen LogP contribution < -0.4 is 5.73 Å². The lowest BCUT2D eigenvalue weighted by Gasteiger charge is -2.40. The van der Waals surface area contributed by atoms with Gasteiger partial charge in [-0.05, 0) is 26.2 Å². The van der Waals surface area contributed by atoms with Crippen LogP contribution in [-0.4, -0.2) is 28.5 Å². The van der Waals surface area contributed by atoms with Gasteiger partial charge in [-0.3, -0.25) is 4.90 Å². The molecule has 16 heavy (non-hydrogen) atoms. The normalized spacial score (nSPS) is 31.9. The Morgan fingerprint density at radius 3 is 2.94 bits per heavy atom. The van der Waals surface area contributed by atoms with Crippen LogP contribution in [0, 0.1) is 12.8 Å². The molecule has 3 unspecified atom stereocenters. The van der Waals surface area contributed by atoms with Gasteiger partial charge in [0.15, 0.2) is 0 Å². The van der Waals surface area contributed by atoms with Crippen LogP contribution in [0.15, 0.2) is 5.38 Å². The number of hydrogen-bond acceptors (Lipinski definition) is 4. The molecule has 2 N–H and O–H groups in total. The summed E-state index contributed by atoms with van der Waals surface area (Å²) in [7, 11) is 0. The zero-order valence-corrected chi connectivity index (χ0v) is 11.1. The van der Waals surface area contributed by atoms with Crippen LogP contribution in [0.1, 0.15) is 31.0 Å². The number of hydrogen-bond donors (Lipinski definition) is 1. The largest absolute Gasteiger partial charge is 0.327 e. The van der Waals surface area contributed by atoms with Crippen molar-refractivity contribution in [3.63, 3.8) is 0 Å². The van der Waals surface area contributed by atoms with Gasteiger partial charge in [-0.15, -0.1) is 11.3 Å². The Balaban J connectivity index is 2.00. The van der Waals surface area contributed by atoms with Crippen molar-refractivity contribution in [1.29, 1.82) is 0 Å². The molecule has 0 bridgehead atoms. The van der Waals surface area contributed by atoms with E-state index in [4.69, 9.17) is 5.73 Å². The summed E-state index contributed by atoms with van der Waals surface area (Å²) in [4.78, 5) is 7.04. The Labute approximate surface area is 102 Å². The number of rotatable bonds is 2. The highest BCUT2D eigenvalue weighted by Crippen LogP contribution is 2.24. The first-order valence-electron chi connectivity index (χ1n) is 5.98. The lowest BCUT2D eigenvalue weighted by molar-refractivity contribution is 0.0909. The van der Waals surface area contributed by atoms with Gasteiger partial charge in [0.05, 0.1) is 6.54 Å². The van der Waals surface area contributed by atoms with Crippen molar-refractivity contribution < 1.29 is 0 Å². The van der Waals surface area contributed by atoms with Gasteiger partial charge in [0, 0.05) is 29.7 Å². The van der Waals surface area contributed by atoms with Crippen LogP contribution in [0.5, 0.6) is 0 Å². The second-order valence-electron chi connectivity index (χ2n) is 4.91. The maximum absolute atomic E-state index is 6.09. The summed E-state index contributed by atoms with van der Waals surface area (Å²) in [5.41, 5.74) is 7.22. The van der Waals surface area contributed by atoms with E-state index in [2.05, 4.69) is 36.0 Å². The smallest absolute Gasteiger partial charge is 0.107 e. The zero-order chi connectivity index (χ0) is 11.7. The molecule has 2 heterocycles. The molecule has 3 nitrogen and oxygen atoms in total. The van der Waals surface area contributed by atoms with Crippen molar-refractivity contribution in [2.75, 3.05) is 6.54 Å². The van der Waals surface area contributed by atoms with E-state index in [9.17, 15) is 0 Å². The lowest BCUT2D eigenvalue weighted by Crippen LogP contribution is -2.51. The summed E-state index contributed by atoms with van der Waals surface area (Å²) < 4.78 is 0. The maximum Gasteiger partial charge on any atom is 0.107 e. The van der Waals surface area contributed by atoms with E-state index in [1.54, 1.807) is 11.3 Å². The fourth-order valence-corrected chi connectivity index (χ4v) is 3.14. The van der Waals surface area contributed by atoms with Crippen molar-refractivity contribution in [2.45, 2.75) is 45.8 Å². The molecule has 1 saturated heterocycles. The van der Waals surface area contributed by atoms with Crippen LogP contribution in [0.4, 0.5) is 0 Å². The Kier molecular flexibility index (Phi) is 3.62. The third-order valence-electron chi connectivity index (χ3n) is 3.77. The number of nitrogens with two attached hydrogens (primary N) is 1. The molecule has 0 aliphatic carbocycles. The van der Waals surface area contributed by atoms with E-state index in [1.165, 1.54) is 5.01 Å². The second kappa shape index (κ2) is 4.82. The van der Waals surface area contributed by atoms with Crippen LogP contribution in [0.25, 0.3) is 0 Å².